The van der Waals surface area contributed by atoms with E-state index in [1.54, 1.807) is 7.11 Å². The summed E-state index contributed by atoms with van der Waals surface area (Å²) in [7, 11) is 1.63. The molecular weight excluding hydrogens is 252 g/mol. The summed E-state index contributed by atoms with van der Waals surface area (Å²) >= 11 is 0. The summed E-state index contributed by atoms with van der Waals surface area (Å²) in [5, 5.41) is 1.74. The highest BCUT2D eigenvalue weighted by Crippen LogP contribution is 2.28. The monoisotopic (exact) mass is 268 g/mol. The summed E-state index contributed by atoms with van der Waals surface area (Å²) in [6, 6.07) is 7.74. The largest absolute Gasteiger partial charge is 0.494 e. The summed E-state index contributed by atoms with van der Waals surface area (Å²) in [6.45, 7) is 4.06. The van der Waals surface area contributed by atoms with Crippen LogP contribution in [0.5, 0.6) is 5.75 Å². The highest BCUT2D eigenvalue weighted by atomic mass is 16.5. The lowest BCUT2D eigenvalue weighted by Gasteiger charge is -2.09. The van der Waals surface area contributed by atoms with E-state index in [2.05, 4.69) is 15.0 Å². The zero-order chi connectivity index (χ0) is 14.3. The van der Waals surface area contributed by atoms with Crippen LogP contribution in [-0.2, 0) is 0 Å². The van der Waals surface area contributed by atoms with Gasteiger partial charge in [0, 0.05) is 11.3 Å². The van der Waals surface area contributed by atoms with Crippen molar-refractivity contribution in [3.63, 3.8) is 0 Å². The Balaban J connectivity index is 2.39. The third-order valence-electron chi connectivity index (χ3n) is 3.26. The molecule has 3 aromatic rings. The van der Waals surface area contributed by atoms with E-state index in [1.165, 1.54) is 0 Å². The number of rotatable bonds is 2. The number of hydrogen-bond donors (Lipinski definition) is 1. The quantitative estimate of drug-likeness (QED) is 0.723. The van der Waals surface area contributed by atoms with Gasteiger partial charge >= 0.3 is 0 Å². The van der Waals surface area contributed by atoms with Crippen LogP contribution in [0.2, 0.25) is 0 Å². The minimum Gasteiger partial charge on any atom is -0.494 e. The number of para-hydroxylation sites is 1. The first-order valence-corrected chi connectivity index (χ1v) is 6.51. The first-order valence-electron chi connectivity index (χ1n) is 6.51. The van der Waals surface area contributed by atoms with Crippen molar-refractivity contribution in [1.29, 1.82) is 0 Å². The van der Waals surface area contributed by atoms with E-state index >= 15 is 0 Å². The second kappa shape index (κ2) is 4.59. The molecule has 1 aromatic carbocycles. The van der Waals surface area contributed by atoms with Gasteiger partial charge in [-0.15, -0.1) is 0 Å². The van der Waals surface area contributed by atoms with Gasteiger partial charge in [0.1, 0.15) is 22.9 Å². The molecular formula is C15H16N4O. The molecule has 0 spiro atoms. The second-order valence-electron chi connectivity index (χ2n) is 5.01. The third kappa shape index (κ3) is 1.91. The fraction of sp³-hybridized carbons (Fsp3) is 0.267. The van der Waals surface area contributed by atoms with Crippen molar-refractivity contribution in [3.8, 4) is 5.75 Å². The van der Waals surface area contributed by atoms with E-state index in [9.17, 15) is 0 Å². The molecule has 2 N–H and O–H groups in total. The fourth-order valence-electron chi connectivity index (χ4n) is 2.18. The molecule has 2 heterocycles. The Morgan fingerprint density at radius 2 is 1.95 bits per heavy atom. The molecule has 102 valence electrons. The van der Waals surface area contributed by atoms with E-state index in [-0.39, 0.29) is 5.92 Å². The molecule has 2 aromatic heterocycles. The lowest BCUT2D eigenvalue weighted by atomic mass is 10.1. The molecule has 0 aliphatic carbocycles. The number of nitrogens with two attached hydrogens (primary N) is 1. The summed E-state index contributed by atoms with van der Waals surface area (Å²) in [4.78, 5) is 13.4. The fourth-order valence-corrected chi connectivity index (χ4v) is 2.18. The first-order chi connectivity index (χ1) is 9.60. The first kappa shape index (κ1) is 12.6. The summed E-state index contributed by atoms with van der Waals surface area (Å²) in [5.74, 6) is 2.11. The van der Waals surface area contributed by atoms with Gasteiger partial charge in [0.2, 0.25) is 0 Å². The van der Waals surface area contributed by atoms with Crippen molar-refractivity contribution < 1.29 is 4.74 Å². The number of methoxy groups -OCH3 is 1. The van der Waals surface area contributed by atoms with Crippen molar-refractivity contribution in [2.24, 2.45) is 0 Å². The molecule has 0 aliphatic rings. The second-order valence-corrected chi connectivity index (χ2v) is 5.01. The Hall–Kier alpha value is -2.43. The average Bonchev–Trinajstić information content (AvgIpc) is 2.44. The lowest BCUT2D eigenvalue weighted by molar-refractivity contribution is 0.419. The Bertz CT molecular complexity index is 799. The zero-order valence-electron chi connectivity index (χ0n) is 11.7. The molecule has 0 fully saturated rings. The van der Waals surface area contributed by atoms with Crippen LogP contribution in [0.25, 0.3) is 21.9 Å². The molecule has 0 atom stereocenters. The number of hydrogen-bond acceptors (Lipinski definition) is 5. The molecule has 3 rings (SSSR count). The number of pyridine rings is 1. The van der Waals surface area contributed by atoms with Gasteiger partial charge in [-0.3, -0.25) is 0 Å². The SMILES string of the molecule is COc1cccc2cc3c(N)nc(C(C)C)nc3nc12. The van der Waals surface area contributed by atoms with Crippen LogP contribution in [0.1, 0.15) is 25.6 Å². The Morgan fingerprint density at radius 1 is 1.15 bits per heavy atom. The Morgan fingerprint density at radius 3 is 2.65 bits per heavy atom. The molecule has 0 saturated carbocycles. The average molecular weight is 268 g/mol. The molecule has 0 radical (unpaired) electrons. The maximum atomic E-state index is 6.03. The van der Waals surface area contributed by atoms with Crippen LogP contribution >= 0.6 is 0 Å². The predicted molar refractivity (Wildman–Crippen MR) is 79.9 cm³/mol. The van der Waals surface area contributed by atoms with Gasteiger partial charge in [-0.05, 0) is 12.1 Å². The summed E-state index contributed by atoms with van der Waals surface area (Å²) < 4.78 is 5.35. The third-order valence-corrected chi connectivity index (χ3v) is 3.26. The van der Waals surface area contributed by atoms with Crippen LogP contribution in [0.15, 0.2) is 24.3 Å². The smallest absolute Gasteiger partial charge is 0.165 e. The van der Waals surface area contributed by atoms with Crippen LogP contribution in [0.3, 0.4) is 0 Å². The number of anilines is 1. The van der Waals surface area contributed by atoms with Crippen molar-refractivity contribution in [3.05, 3.63) is 30.1 Å². The van der Waals surface area contributed by atoms with E-state index in [0.717, 1.165) is 22.0 Å². The van der Waals surface area contributed by atoms with Gasteiger partial charge in [0.05, 0.1) is 12.5 Å². The van der Waals surface area contributed by atoms with E-state index in [4.69, 9.17) is 10.5 Å². The minimum absolute atomic E-state index is 0.205. The van der Waals surface area contributed by atoms with Gasteiger partial charge in [-0.25, -0.2) is 15.0 Å². The maximum Gasteiger partial charge on any atom is 0.165 e. The van der Waals surface area contributed by atoms with Crippen molar-refractivity contribution in [2.45, 2.75) is 19.8 Å². The topological polar surface area (TPSA) is 73.9 Å². The van der Waals surface area contributed by atoms with Crippen molar-refractivity contribution >= 4 is 27.8 Å². The highest BCUT2D eigenvalue weighted by Gasteiger charge is 2.12. The highest BCUT2D eigenvalue weighted by molar-refractivity contribution is 5.97. The molecule has 0 bridgehead atoms. The van der Waals surface area contributed by atoms with E-state index < -0.39 is 0 Å². The minimum atomic E-state index is 0.205. The zero-order valence-corrected chi connectivity index (χ0v) is 11.7. The normalized spacial score (nSPS) is 11.4. The number of aromatic nitrogens is 3. The predicted octanol–water partition coefficient (Wildman–Crippen LogP) is 2.89. The van der Waals surface area contributed by atoms with Gasteiger partial charge in [0.15, 0.2) is 5.65 Å². The molecule has 0 amide bonds. The maximum absolute atomic E-state index is 6.03. The van der Waals surface area contributed by atoms with Gasteiger partial charge in [0.25, 0.3) is 0 Å². The van der Waals surface area contributed by atoms with Crippen LogP contribution in [0, 0.1) is 0 Å². The van der Waals surface area contributed by atoms with Crippen LogP contribution < -0.4 is 10.5 Å². The molecule has 0 aliphatic heterocycles. The Labute approximate surface area is 116 Å². The van der Waals surface area contributed by atoms with Gasteiger partial charge in [-0.2, -0.15) is 0 Å². The molecule has 20 heavy (non-hydrogen) atoms. The number of benzene rings is 1. The number of ether oxygens (including phenoxy) is 1. The van der Waals surface area contributed by atoms with Gasteiger partial charge in [-0.1, -0.05) is 26.0 Å². The molecule has 0 unspecified atom stereocenters. The van der Waals surface area contributed by atoms with Crippen molar-refractivity contribution in [1.82, 2.24) is 15.0 Å². The molecule has 0 saturated heterocycles. The molecule has 5 heteroatoms. The van der Waals surface area contributed by atoms with E-state index in [1.807, 2.05) is 38.1 Å². The lowest BCUT2D eigenvalue weighted by Crippen LogP contribution is -2.04. The number of nitrogens with zero attached hydrogens (tertiary/aromatic N) is 3. The van der Waals surface area contributed by atoms with Crippen LogP contribution in [-0.4, -0.2) is 22.1 Å². The number of nitrogen functional groups attached to an aromatic ring is 1. The molecule has 5 nitrogen and oxygen atoms in total. The van der Waals surface area contributed by atoms with Crippen LogP contribution in [0.4, 0.5) is 5.82 Å². The summed E-state index contributed by atoms with van der Waals surface area (Å²) in [5.41, 5.74) is 7.43. The van der Waals surface area contributed by atoms with Gasteiger partial charge < -0.3 is 10.5 Å². The van der Waals surface area contributed by atoms with E-state index in [0.29, 0.717) is 17.3 Å². The van der Waals surface area contributed by atoms with Crippen molar-refractivity contribution in [2.75, 3.05) is 12.8 Å². The Kier molecular flexibility index (Phi) is 2.89. The number of fused-ring (bicyclic) bond motifs is 2. The summed E-state index contributed by atoms with van der Waals surface area (Å²) in [6.07, 6.45) is 0. The standard InChI is InChI=1S/C15H16N4O/c1-8(2)14-18-13(16)10-7-9-5-4-6-11(20-3)12(9)17-15(10)19-14/h4-8H,1-3H3,(H2,16,17,18,19).